The maximum absolute atomic E-state index is 12.0. The summed E-state index contributed by atoms with van der Waals surface area (Å²) in [6, 6.07) is 0.493. The molecule has 0 bridgehead atoms. The van der Waals surface area contributed by atoms with Crippen molar-refractivity contribution < 1.29 is 9.53 Å². The fourth-order valence-corrected chi connectivity index (χ4v) is 3.75. The van der Waals surface area contributed by atoms with Gasteiger partial charge < -0.3 is 15.4 Å². The highest BCUT2D eigenvalue weighted by atomic mass is 32.1. The van der Waals surface area contributed by atoms with E-state index in [1.807, 2.05) is 0 Å². The van der Waals surface area contributed by atoms with E-state index in [2.05, 4.69) is 23.1 Å². The standard InChI is InChI=1S/C15H25N3O2S/c1-10(2)8-9-18(11-6-4-5-7-11)14-12(15(19)20-3)13(16)17-21-14/h10-11H,4-9H2,1-3H3,(H2,16,17). The quantitative estimate of drug-likeness (QED) is 0.816. The van der Waals surface area contributed by atoms with Gasteiger partial charge in [-0.15, -0.1) is 0 Å². The first-order valence-electron chi connectivity index (χ1n) is 7.64. The molecule has 21 heavy (non-hydrogen) atoms. The zero-order valence-electron chi connectivity index (χ0n) is 13.1. The van der Waals surface area contributed by atoms with Crippen molar-refractivity contribution >= 4 is 28.3 Å². The van der Waals surface area contributed by atoms with E-state index < -0.39 is 0 Å². The van der Waals surface area contributed by atoms with Crippen LogP contribution in [0.2, 0.25) is 0 Å². The van der Waals surface area contributed by atoms with Gasteiger partial charge in [-0.2, -0.15) is 4.37 Å². The Morgan fingerprint density at radius 2 is 2.14 bits per heavy atom. The number of carbonyl (C=O) groups excluding carboxylic acids is 1. The first kappa shape index (κ1) is 16.1. The first-order valence-corrected chi connectivity index (χ1v) is 8.42. The number of carbonyl (C=O) groups is 1. The Morgan fingerprint density at radius 1 is 1.48 bits per heavy atom. The average Bonchev–Trinajstić information content (AvgIpc) is 3.09. The number of esters is 1. The van der Waals surface area contributed by atoms with E-state index in [9.17, 15) is 4.79 Å². The van der Waals surface area contributed by atoms with Gasteiger partial charge in [0.25, 0.3) is 0 Å². The number of hydrogen-bond acceptors (Lipinski definition) is 6. The second-order valence-electron chi connectivity index (χ2n) is 6.05. The second kappa shape index (κ2) is 7.11. The van der Waals surface area contributed by atoms with Crippen LogP contribution in [-0.2, 0) is 4.74 Å². The first-order chi connectivity index (χ1) is 10.0. The van der Waals surface area contributed by atoms with E-state index in [4.69, 9.17) is 10.5 Å². The molecular formula is C15H25N3O2S. The summed E-state index contributed by atoms with van der Waals surface area (Å²) in [5.74, 6) is 0.527. The minimum Gasteiger partial charge on any atom is -0.465 e. The number of hydrogen-bond donors (Lipinski definition) is 1. The zero-order chi connectivity index (χ0) is 15.4. The molecule has 1 aromatic heterocycles. The van der Waals surface area contributed by atoms with E-state index >= 15 is 0 Å². The molecule has 2 rings (SSSR count). The lowest BCUT2D eigenvalue weighted by Gasteiger charge is -2.30. The summed E-state index contributed by atoms with van der Waals surface area (Å²) < 4.78 is 9.06. The van der Waals surface area contributed by atoms with Gasteiger partial charge in [-0.3, -0.25) is 0 Å². The van der Waals surface area contributed by atoms with Gasteiger partial charge in [-0.05, 0) is 36.7 Å². The van der Waals surface area contributed by atoms with Crippen molar-refractivity contribution in [2.45, 2.75) is 52.0 Å². The van der Waals surface area contributed by atoms with Crippen molar-refractivity contribution in [2.75, 3.05) is 24.3 Å². The smallest absolute Gasteiger partial charge is 0.344 e. The molecule has 0 saturated heterocycles. The molecular weight excluding hydrogens is 286 g/mol. The Kier molecular flexibility index (Phi) is 5.45. The van der Waals surface area contributed by atoms with E-state index in [-0.39, 0.29) is 11.8 Å². The minimum absolute atomic E-state index is 0.286. The lowest BCUT2D eigenvalue weighted by atomic mass is 10.1. The molecule has 1 aliphatic rings. The van der Waals surface area contributed by atoms with E-state index in [1.54, 1.807) is 0 Å². The molecule has 0 radical (unpaired) electrons. The molecule has 1 aliphatic carbocycles. The zero-order valence-corrected chi connectivity index (χ0v) is 13.9. The fraction of sp³-hybridized carbons (Fsp3) is 0.733. The number of nitrogens with zero attached hydrogens (tertiary/aromatic N) is 2. The Labute approximate surface area is 130 Å². The van der Waals surface area contributed by atoms with Gasteiger partial charge >= 0.3 is 5.97 Å². The summed E-state index contributed by atoms with van der Waals surface area (Å²) in [6.07, 6.45) is 5.96. The summed E-state index contributed by atoms with van der Waals surface area (Å²) in [7, 11) is 1.39. The van der Waals surface area contributed by atoms with Crippen molar-refractivity contribution in [3.8, 4) is 0 Å². The predicted molar refractivity (Wildman–Crippen MR) is 86.9 cm³/mol. The maximum Gasteiger partial charge on any atom is 0.344 e. The molecule has 1 saturated carbocycles. The lowest BCUT2D eigenvalue weighted by molar-refractivity contribution is 0.0603. The Hall–Kier alpha value is -1.30. The van der Waals surface area contributed by atoms with Crippen molar-refractivity contribution in [3.05, 3.63) is 5.56 Å². The van der Waals surface area contributed by atoms with E-state index in [0.717, 1.165) is 18.0 Å². The highest BCUT2D eigenvalue weighted by Gasteiger charge is 2.30. The van der Waals surface area contributed by atoms with Crippen LogP contribution in [-0.4, -0.2) is 30.0 Å². The van der Waals surface area contributed by atoms with Crippen LogP contribution in [0.25, 0.3) is 0 Å². The number of nitrogens with two attached hydrogens (primary N) is 1. The third kappa shape index (κ3) is 3.67. The van der Waals surface area contributed by atoms with Crippen LogP contribution in [0, 0.1) is 5.92 Å². The van der Waals surface area contributed by atoms with Crippen molar-refractivity contribution in [3.63, 3.8) is 0 Å². The maximum atomic E-state index is 12.0. The van der Waals surface area contributed by atoms with Crippen molar-refractivity contribution in [1.29, 1.82) is 0 Å². The number of rotatable bonds is 6. The molecule has 0 aliphatic heterocycles. The predicted octanol–water partition coefficient (Wildman–Crippen LogP) is 3.31. The highest BCUT2D eigenvalue weighted by Crippen LogP contribution is 2.36. The molecule has 1 fully saturated rings. The molecule has 0 spiro atoms. The van der Waals surface area contributed by atoms with Gasteiger partial charge in [0.2, 0.25) is 0 Å². The fourth-order valence-electron chi connectivity index (χ4n) is 2.85. The van der Waals surface area contributed by atoms with Gasteiger partial charge in [-0.25, -0.2) is 4.79 Å². The van der Waals surface area contributed by atoms with Crippen molar-refractivity contribution in [1.82, 2.24) is 4.37 Å². The number of nitrogen functional groups attached to an aromatic ring is 1. The van der Waals surface area contributed by atoms with Crippen LogP contribution in [0.15, 0.2) is 0 Å². The number of anilines is 2. The molecule has 0 unspecified atom stereocenters. The molecule has 0 aromatic carbocycles. The molecule has 0 amide bonds. The molecule has 1 aromatic rings. The minimum atomic E-state index is -0.385. The molecule has 1 heterocycles. The Bertz CT molecular complexity index is 481. The molecule has 5 nitrogen and oxygen atoms in total. The van der Waals surface area contributed by atoms with Crippen LogP contribution in [0.1, 0.15) is 56.3 Å². The molecule has 6 heteroatoms. The highest BCUT2D eigenvalue weighted by molar-refractivity contribution is 7.11. The van der Waals surface area contributed by atoms with Gasteiger partial charge in [0.1, 0.15) is 10.6 Å². The SMILES string of the molecule is COC(=O)c1c(N)nsc1N(CCC(C)C)C1CCCC1. The summed E-state index contributed by atoms with van der Waals surface area (Å²) in [5, 5.41) is 0.881. The van der Waals surface area contributed by atoms with Gasteiger partial charge in [0.05, 0.1) is 7.11 Å². The Morgan fingerprint density at radius 3 is 2.71 bits per heavy atom. The van der Waals surface area contributed by atoms with Gasteiger partial charge in [0, 0.05) is 12.6 Å². The van der Waals surface area contributed by atoms with E-state index in [1.165, 1.54) is 44.3 Å². The van der Waals surface area contributed by atoms with Crippen molar-refractivity contribution in [2.24, 2.45) is 5.92 Å². The average molecular weight is 311 g/mol. The number of methoxy groups -OCH3 is 1. The summed E-state index contributed by atoms with van der Waals surface area (Å²) in [6.45, 7) is 5.37. The van der Waals surface area contributed by atoms with Crippen LogP contribution in [0.4, 0.5) is 10.8 Å². The lowest BCUT2D eigenvalue weighted by Crippen LogP contribution is -2.35. The normalized spacial score (nSPS) is 15.6. The summed E-state index contributed by atoms with van der Waals surface area (Å²) in [5.41, 5.74) is 6.32. The monoisotopic (exact) mass is 311 g/mol. The Balaban J connectivity index is 2.29. The molecule has 0 atom stereocenters. The van der Waals surface area contributed by atoms with Crippen LogP contribution in [0.3, 0.4) is 0 Å². The molecule has 118 valence electrons. The number of ether oxygens (including phenoxy) is 1. The summed E-state index contributed by atoms with van der Waals surface area (Å²) >= 11 is 1.32. The second-order valence-corrected chi connectivity index (χ2v) is 6.81. The third-order valence-corrected chi connectivity index (χ3v) is 4.96. The number of aromatic nitrogens is 1. The van der Waals surface area contributed by atoms with Crippen LogP contribution < -0.4 is 10.6 Å². The molecule has 2 N–H and O–H groups in total. The van der Waals surface area contributed by atoms with Crippen LogP contribution >= 0.6 is 11.5 Å². The largest absolute Gasteiger partial charge is 0.465 e. The van der Waals surface area contributed by atoms with E-state index in [0.29, 0.717) is 17.5 Å². The van der Waals surface area contributed by atoms with Crippen LogP contribution in [0.5, 0.6) is 0 Å². The summed E-state index contributed by atoms with van der Waals surface area (Å²) in [4.78, 5) is 14.4. The van der Waals surface area contributed by atoms with Gasteiger partial charge in [-0.1, -0.05) is 26.7 Å². The third-order valence-electron chi connectivity index (χ3n) is 4.06. The van der Waals surface area contributed by atoms with Gasteiger partial charge in [0.15, 0.2) is 5.82 Å². The topological polar surface area (TPSA) is 68.5 Å².